The van der Waals surface area contributed by atoms with Gasteiger partial charge in [-0.05, 0) is 12.3 Å². The Morgan fingerprint density at radius 3 is 2.12 bits per heavy atom. The Kier molecular flexibility index (Phi) is 5.27. The first kappa shape index (κ1) is 14.7. The smallest absolute Gasteiger partial charge is 0.315 e. The van der Waals surface area contributed by atoms with Crippen molar-refractivity contribution in [3.05, 3.63) is 0 Å². The van der Waals surface area contributed by atoms with Gasteiger partial charge >= 0.3 is 12.0 Å². The molecule has 0 aliphatic rings. The molecule has 3 N–H and O–H groups in total. The fraction of sp³-hybridized carbons (Fsp3) is 0.818. The van der Waals surface area contributed by atoms with Crippen LogP contribution < -0.4 is 10.6 Å². The van der Waals surface area contributed by atoms with Gasteiger partial charge in [0.2, 0.25) is 0 Å². The van der Waals surface area contributed by atoms with E-state index in [1.165, 1.54) is 0 Å². The molecule has 0 heterocycles. The highest BCUT2D eigenvalue weighted by atomic mass is 16.4. The maximum absolute atomic E-state index is 11.4. The topological polar surface area (TPSA) is 78.4 Å². The number of carbonyl (C=O) groups is 2. The Balaban J connectivity index is 3.97. The summed E-state index contributed by atoms with van der Waals surface area (Å²) in [5, 5.41) is 13.9. The summed E-state index contributed by atoms with van der Waals surface area (Å²) in [6.07, 6.45) is 0. The van der Waals surface area contributed by atoms with Gasteiger partial charge in [0, 0.05) is 12.6 Å². The third kappa shape index (κ3) is 5.58. The Hall–Kier alpha value is -1.26. The van der Waals surface area contributed by atoms with Gasteiger partial charge in [-0.1, -0.05) is 27.7 Å². The molecule has 5 heteroatoms. The Bertz CT molecular complexity index is 258. The fourth-order valence-electron chi connectivity index (χ4n) is 0.797. The van der Waals surface area contributed by atoms with Crippen LogP contribution in [0.4, 0.5) is 4.79 Å². The fourth-order valence-corrected chi connectivity index (χ4v) is 0.797. The van der Waals surface area contributed by atoms with Crippen molar-refractivity contribution >= 4 is 12.0 Å². The third-order valence-electron chi connectivity index (χ3n) is 2.64. The largest absolute Gasteiger partial charge is 0.481 e. The van der Waals surface area contributed by atoms with Crippen LogP contribution in [0.1, 0.15) is 34.6 Å². The van der Waals surface area contributed by atoms with Gasteiger partial charge in [-0.25, -0.2) is 4.79 Å². The van der Waals surface area contributed by atoms with E-state index in [0.29, 0.717) is 0 Å². The van der Waals surface area contributed by atoms with Crippen molar-refractivity contribution in [1.82, 2.24) is 10.6 Å². The van der Waals surface area contributed by atoms with Crippen molar-refractivity contribution < 1.29 is 14.7 Å². The molecule has 0 radical (unpaired) electrons. The van der Waals surface area contributed by atoms with Gasteiger partial charge in [-0.15, -0.1) is 0 Å². The molecule has 94 valence electrons. The molecule has 0 saturated carbocycles. The predicted octanol–water partition coefficient (Wildman–Crippen LogP) is 1.44. The zero-order valence-corrected chi connectivity index (χ0v) is 10.6. The molecule has 5 nitrogen and oxygen atoms in total. The lowest BCUT2D eigenvalue weighted by Gasteiger charge is -2.28. The van der Waals surface area contributed by atoms with E-state index in [2.05, 4.69) is 10.6 Å². The van der Waals surface area contributed by atoms with E-state index >= 15 is 0 Å². The number of hydrogen-bond donors (Lipinski definition) is 3. The number of rotatable bonds is 4. The van der Waals surface area contributed by atoms with E-state index in [-0.39, 0.29) is 24.0 Å². The minimum Gasteiger partial charge on any atom is -0.481 e. The average molecular weight is 230 g/mol. The first-order chi connectivity index (χ1) is 7.14. The average Bonchev–Trinajstić information content (AvgIpc) is 2.12. The summed E-state index contributed by atoms with van der Waals surface area (Å²) in [6.45, 7) is 9.68. The van der Waals surface area contributed by atoms with Crippen LogP contribution in [0.5, 0.6) is 0 Å². The Morgan fingerprint density at radius 2 is 1.75 bits per heavy atom. The first-order valence-corrected chi connectivity index (χ1v) is 5.41. The minimum atomic E-state index is -0.913. The third-order valence-corrected chi connectivity index (χ3v) is 2.64. The van der Waals surface area contributed by atoms with Crippen LogP contribution >= 0.6 is 0 Å². The van der Waals surface area contributed by atoms with Gasteiger partial charge in [-0.2, -0.15) is 0 Å². The molecule has 0 aromatic rings. The van der Waals surface area contributed by atoms with Crippen molar-refractivity contribution in [1.29, 1.82) is 0 Å². The molecule has 0 bridgehead atoms. The maximum Gasteiger partial charge on any atom is 0.315 e. The molecule has 0 fully saturated rings. The van der Waals surface area contributed by atoms with Crippen molar-refractivity contribution in [3.63, 3.8) is 0 Å². The summed E-state index contributed by atoms with van der Waals surface area (Å²) in [5.41, 5.74) is -0.0181. The molecule has 2 amide bonds. The summed E-state index contributed by atoms with van der Waals surface area (Å²) in [4.78, 5) is 21.9. The van der Waals surface area contributed by atoms with Crippen LogP contribution in [0.2, 0.25) is 0 Å². The molecule has 2 unspecified atom stereocenters. The Morgan fingerprint density at radius 1 is 1.25 bits per heavy atom. The van der Waals surface area contributed by atoms with Crippen molar-refractivity contribution in [3.8, 4) is 0 Å². The first-order valence-electron chi connectivity index (χ1n) is 5.41. The molecular weight excluding hydrogens is 208 g/mol. The monoisotopic (exact) mass is 230 g/mol. The van der Waals surface area contributed by atoms with E-state index in [9.17, 15) is 9.59 Å². The molecule has 16 heavy (non-hydrogen) atoms. The number of nitrogens with one attached hydrogen (secondary N) is 2. The zero-order chi connectivity index (χ0) is 12.9. The van der Waals surface area contributed by atoms with Gasteiger partial charge < -0.3 is 15.7 Å². The van der Waals surface area contributed by atoms with E-state index in [4.69, 9.17) is 5.11 Å². The number of carboxylic acids is 1. The Labute approximate surface area is 96.6 Å². The molecule has 2 atom stereocenters. The number of aliphatic carboxylic acids is 1. The summed E-state index contributed by atoms with van der Waals surface area (Å²) in [6, 6.07) is -0.303. The summed E-state index contributed by atoms with van der Waals surface area (Å²) in [7, 11) is 0. The molecule has 0 aromatic heterocycles. The van der Waals surface area contributed by atoms with Crippen LogP contribution in [0.15, 0.2) is 0 Å². The van der Waals surface area contributed by atoms with Gasteiger partial charge in [0.1, 0.15) is 0 Å². The normalized spacial score (nSPS) is 15.1. The number of hydrogen-bond acceptors (Lipinski definition) is 2. The number of carboxylic acid groups (broad SMARTS) is 1. The van der Waals surface area contributed by atoms with Crippen molar-refractivity contribution in [2.24, 2.45) is 11.3 Å². The molecule has 0 aliphatic heterocycles. The molecule has 0 spiro atoms. The summed E-state index contributed by atoms with van der Waals surface area (Å²) in [5.74, 6) is -1.49. The van der Waals surface area contributed by atoms with Crippen LogP contribution in [-0.4, -0.2) is 29.7 Å². The lowest BCUT2D eigenvalue weighted by atomic mass is 9.88. The van der Waals surface area contributed by atoms with Crippen LogP contribution in [0.3, 0.4) is 0 Å². The number of urea groups is 1. The number of carbonyl (C=O) groups excluding carboxylic acids is 1. The molecule has 0 aliphatic carbocycles. The highest BCUT2D eigenvalue weighted by molar-refractivity contribution is 5.75. The van der Waals surface area contributed by atoms with Gasteiger partial charge in [0.05, 0.1) is 5.92 Å². The van der Waals surface area contributed by atoms with Crippen molar-refractivity contribution in [2.45, 2.75) is 40.7 Å². The lowest BCUT2D eigenvalue weighted by Crippen LogP contribution is -2.47. The highest BCUT2D eigenvalue weighted by Gasteiger charge is 2.21. The van der Waals surface area contributed by atoms with E-state index < -0.39 is 11.9 Å². The molecule has 0 rings (SSSR count). The predicted molar refractivity (Wildman–Crippen MR) is 62.3 cm³/mol. The maximum atomic E-state index is 11.4. The summed E-state index contributed by atoms with van der Waals surface area (Å²) < 4.78 is 0. The van der Waals surface area contributed by atoms with Crippen molar-refractivity contribution in [2.75, 3.05) is 6.54 Å². The molecule has 0 saturated heterocycles. The molecule has 0 aromatic carbocycles. The van der Waals surface area contributed by atoms with E-state index in [1.54, 1.807) is 6.92 Å². The second-order valence-electron chi connectivity index (χ2n) is 5.18. The second kappa shape index (κ2) is 5.72. The van der Waals surface area contributed by atoms with Gasteiger partial charge in [0.15, 0.2) is 0 Å². The van der Waals surface area contributed by atoms with Gasteiger partial charge in [0.25, 0.3) is 0 Å². The minimum absolute atomic E-state index is 0.0181. The van der Waals surface area contributed by atoms with Crippen LogP contribution in [-0.2, 0) is 4.79 Å². The number of amides is 2. The summed E-state index contributed by atoms with van der Waals surface area (Å²) >= 11 is 0. The standard InChI is InChI=1S/C11H22N2O3/c1-7(9(14)15)6-12-10(16)13-8(2)11(3,4)5/h7-8H,6H2,1-5H3,(H,14,15)(H2,12,13,16). The quantitative estimate of drug-likeness (QED) is 0.683. The van der Waals surface area contributed by atoms with Crippen LogP contribution in [0, 0.1) is 11.3 Å². The van der Waals surface area contributed by atoms with Gasteiger partial charge in [-0.3, -0.25) is 4.79 Å². The second-order valence-corrected chi connectivity index (χ2v) is 5.18. The zero-order valence-electron chi connectivity index (χ0n) is 10.6. The molecular formula is C11H22N2O3. The van der Waals surface area contributed by atoms with E-state index in [1.807, 2.05) is 27.7 Å². The highest BCUT2D eigenvalue weighted by Crippen LogP contribution is 2.18. The lowest BCUT2D eigenvalue weighted by molar-refractivity contribution is -0.140. The van der Waals surface area contributed by atoms with E-state index in [0.717, 1.165) is 0 Å². The van der Waals surface area contributed by atoms with Crippen LogP contribution in [0.25, 0.3) is 0 Å². The SMILES string of the molecule is CC(CNC(=O)NC(C)C(C)(C)C)C(=O)O.